The van der Waals surface area contributed by atoms with Crippen LogP contribution in [0.5, 0.6) is 0 Å². The zero-order valence-electron chi connectivity index (χ0n) is 14.1. The quantitative estimate of drug-likeness (QED) is 0.752. The van der Waals surface area contributed by atoms with Crippen molar-refractivity contribution in [3.63, 3.8) is 0 Å². The maximum absolute atomic E-state index is 14.0. The van der Waals surface area contributed by atoms with E-state index in [4.69, 9.17) is 0 Å². The molecule has 2 rings (SSSR count). The predicted molar refractivity (Wildman–Crippen MR) is 90.7 cm³/mol. The number of hydrogen-bond acceptors (Lipinski definition) is 4. The maximum Gasteiger partial charge on any atom is 0.244 e. The molecule has 1 aromatic carbocycles. The standard InChI is InChI=1S/C16H24FN3O3S/c1-16(2,3)20-24(22,23)14-9-12(6-7-13(14)17)19-15(21)10-11-5-4-8-18-11/h6-7,9,11,18,20H,4-5,8,10H2,1-3H3,(H,19,21). The van der Waals surface area contributed by atoms with Gasteiger partial charge in [-0.1, -0.05) is 0 Å². The monoisotopic (exact) mass is 357 g/mol. The predicted octanol–water partition coefficient (Wildman–Crippen LogP) is 1.98. The first-order chi connectivity index (χ1) is 11.1. The Kier molecular flexibility index (Phi) is 5.62. The van der Waals surface area contributed by atoms with Crippen LogP contribution in [0.3, 0.4) is 0 Å². The first kappa shape index (κ1) is 18.8. The molecule has 8 heteroatoms. The van der Waals surface area contributed by atoms with Gasteiger partial charge in [0.1, 0.15) is 10.7 Å². The number of hydrogen-bond donors (Lipinski definition) is 3. The van der Waals surface area contributed by atoms with Crippen LogP contribution in [-0.2, 0) is 14.8 Å². The number of rotatable bonds is 5. The topological polar surface area (TPSA) is 87.3 Å². The first-order valence-electron chi connectivity index (χ1n) is 7.94. The van der Waals surface area contributed by atoms with Gasteiger partial charge in [0, 0.05) is 23.7 Å². The van der Waals surface area contributed by atoms with Gasteiger partial charge < -0.3 is 10.6 Å². The summed E-state index contributed by atoms with van der Waals surface area (Å²) in [6.45, 7) is 5.91. The molecular weight excluding hydrogens is 333 g/mol. The Hall–Kier alpha value is -1.51. The zero-order valence-corrected chi connectivity index (χ0v) is 15.0. The highest BCUT2D eigenvalue weighted by Crippen LogP contribution is 2.21. The third-order valence-electron chi connectivity index (χ3n) is 3.54. The van der Waals surface area contributed by atoms with Gasteiger partial charge in [0.15, 0.2) is 0 Å². The van der Waals surface area contributed by atoms with Crippen LogP contribution < -0.4 is 15.4 Å². The summed E-state index contributed by atoms with van der Waals surface area (Å²) < 4.78 is 41.0. The van der Waals surface area contributed by atoms with E-state index in [-0.39, 0.29) is 17.6 Å². The van der Waals surface area contributed by atoms with Crippen LogP contribution in [0.25, 0.3) is 0 Å². The molecule has 0 aliphatic carbocycles. The molecule has 1 aliphatic heterocycles. The molecule has 1 atom stereocenters. The molecule has 1 amide bonds. The molecule has 0 bridgehead atoms. The Morgan fingerprint density at radius 2 is 2.08 bits per heavy atom. The fourth-order valence-corrected chi connectivity index (χ4v) is 4.13. The van der Waals surface area contributed by atoms with E-state index in [1.807, 2.05) is 0 Å². The number of amides is 1. The number of anilines is 1. The fourth-order valence-electron chi connectivity index (χ4n) is 2.61. The lowest BCUT2D eigenvalue weighted by atomic mass is 10.1. The molecule has 1 aromatic rings. The van der Waals surface area contributed by atoms with Gasteiger partial charge in [-0.15, -0.1) is 0 Å². The van der Waals surface area contributed by atoms with Crippen LogP contribution in [0.2, 0.25) is 0 Å². The maximum atomic E-state index is 14.0. The zero-order chi connectivity index (χ0) is 18.0. The SMILES string of the molecule is CC(C)(C)NS(=O)(=O)c1cc(NC(=O)CC2CCCN2)ccc1F. The summed E-state index contributed by atoms with van der Waals surface area (Å²) in [6.07, 6.45) is 2.28. The molecule has 1 heterocycles. The molecule has 24 heavy (non-hydrogen) atoms. The molecule has 1 fully saturated rings. The summed E-state index contributed by atoms with van der Waals surface area (Å²) in [7, 11) is -4.02. The van der Waals surface area contributed by atoms with Crippen LogP contribution in [0.4, 0.5) is 10.1 Å². The summed E-state index contributed by atoms with van der Waals surface area (Å²) in [6, 6.07) is 3.67. The van der Waals surface area contributed by atoms with Gasteiger partial charge in [-0.25, -0.2) is 17.5 Å². The number of halogens is 1. The number of carbonyl (C=O) groups is 1. The third-order valence-corrected chi connectivity index (χ3v) is 5.31. The highest BCUT2D eigenvalue weighted by molar-refractivity contribution is 7.89. The van der Waals surface area contributed by atoms with Crippen molar-refractivity contribution in [2.75, 3.05) is 11.9 Å². The molecule has 1 aliphatic rings. The summed E-state index contributed by atoms with van der Waals surface area (Å²) in [5, 5.41) is 5.85. The van der Waals surface area contributed by atoms with Crippen molar-refractivity contribution in [3.8, 4) is 0 Å². The minimum absolute atomic E-state index is 0.135. The van der Waals surface area contributed by atoms with Crippen molar-refractivity contribution in [1.82, 2.24) is 10.0 Å². The average Bonchev–Trinajstić information content (AvgIpc) is 2.90. The van der Waals surface area contributed by atoms with Crippen molar-refractivity contribution >= 4 is 21.6 Å². The second-order valence-corrected chi connectivity index (χ2v) is 8.70. The summed E-state index contributed by atoms with van der Waals surface area (Å²) in [4.78, 5) is 11.6. The number of sulfonamides is 1. The lowest BCUT2D eigenvalue weighted by Gasteiger charge is -2.21. The molecule has 1 unspecified atom stereocenters. The fraction of sp³-hybridized carbons (Fsp3) is 0.562. The van der Waals surface area contributed by atoms with Crippen molar-refractivity contribution < 1.29 is 17.6 Å². The normalized spacial score (nSPS) is 18.6. The molecule has 6 nitrogen and oxygen atoms in total. The second-order valence-electron chi connectivity index (χ2n) is 7.05. The summed E-state index contributed by atoms with van der Waals surface area (Å²) in [5.74, 6) is -1.09. The molecule has 134 valence electrons. The van der Waals surface area contributed by atoms with Crippen molar-refractivity contribution in [2.45, 2.75) is 56.5 Å². The van der Waals surface area contributed by atoms with Crippen LogP contribution >= 0.6 is 0 Å². The Labute approximate surface area is 142 Å². The minimum atomic E-state index is -4.02. The van der Waals surface area contributed by atoms with E-state index < -0.39 is 26.3 Å². The Bertz CT molecular complexity index is 708. The number of benzene rings is 1. The van der Waals surface area contributed by atoms with Crippen molar-refractivity contribution in [1.29, 1.82) is 0 Å². The molecule has 0 saturated carbocycles. The lowest BCUT2D eigenvalue weighted by molar-refractivity contribution is -0.116. The van der Waals surface area contributed by atoms with E-state index in [1.165, 1.54) is 6.07 Å². The van der Waals surface area contributed by atoms with Gasteiger partial charge in [-0.2, -0.15) is 0 Å². The van der Waals surface area contributed by atoms with Crippen LogP contribution in [0.15, 0.2) is 23.1 Å². The molecule has 1 saturated heterocycles. The van der Waals surface area contributed by atoms with Crippen LogP contribution in [0, 0.1) is 5.82 Å². The Morgan fingerprint density at radius 1 is 1.38 bits per heavy atom. The van der Waals surface area contributed by atoms with E-state index in [9.17, 15) is 17.6 Å². The third kappa shape index (κ3) is 5.25. The summed E-state index contributed by atoms with van der Waals surface area (Å²) in [5.41, 5.74) is -0.479. The van der Waals surface area contributed by atoms with E-state index in [1.54, 1.807) is 20.8 Å². The minimum Gasteiger partial charge on any atom is -0.326 e. The molecular formula is C16H24FN3O3S. The van der Waals surface area contributed by atoms with Gasteiger partial charge in [0.2, 0.25) is 15.9 Å². The largest absolute Gasteiger partial charge is 0.326 e. The van der Waals surface area contributed by atoms with Gasteiger partial charge in [-0.05, 0) is 58.4 Å². The smallest absolute Gasteiger partial charge is 0.244 e. The van der Waals surface area contributed by atoms with Crippen molar-refractivity contribution in [3.05, 3.63) is 24.0 Å². The van der Waals surface area contributed by atoms with E-state index in [0.29, 0.717) is 6.42 Å². The summed E-state index contributed by atoms with van der Waals surface area (Å²) >= 11 is 0. The van der Waals surface area contributed by atoms with Gasteiger partial charge >= 0.3 is 0 Å². The number of nitrogens with one attached hydrogen (secondary N) is 3. The first-order valence-corrected chi connectivity index (χ1v) is 9.42. The highest BCUT2D eigenvalue weighted by Gasteiger charge is 2.25. The molecule has 3 N–H and O–H groups in total. The Morgan fingerprint density at radius 3 is 2.67 bits per heavy atom. The lowest BCUT2D eigenvalue weighted by Crippen LogP contribution is -2.40. The van der Waals surface area contributed by atoms with Crippen LogP contribution in [0.1, 0.15) is 40.0 Å². The van der Waals surface area contributed by atoms with Gasteiger partial charge in [0.05, 0.1) is 0 Å². The number of carbonyl (C=O) groups excluding carboxylic acids is 1. The highest BCUT2D eigenvalue weighted by atomic mass is 32.2. The van der Waals surface area contributed by atoms with Crippen molar-refractivity contribution in [2.24, 2.45) is 0 Å². The Balaban J connectivity index is 2.14. The van der Waals surface area contributed by atoms with E-state index in [2.05, 4.69) is 15.4 Å². The van der Waals surface area contributed by atoms with E-state index >= 15 is 0 Å². The van der Waals surface area contributed by atoms with Gasteiger partial charge in [0.25, 0.3) is 0 Å². The second kappa shape index (κ2) is 7.16. The molecule has 0 aromatic heterocycles. The molecule has 0 radical (unpaired) electrons. The van der Waals surface area contributed by atoms with Crippen LogP contribution in [-0.4, -0.2) is 32.5 Å². The molecule has 0 spiro atoms. The van der Waals surface area contributed by atoms with Gasteiger partial charge in [-0.3, -0.25) is 4.79 Å². The van der Waals surface area contributed by atoms with E-state index in [0.717, 1.165) is 31.5 Å². The average molecular weight is 357 g/mol.